The van der Waals surface area contributed by atoms with Crippen molar-refractivity contribution in [2.24, 2.45) is 11.5 Å². The molecule has 1 atom stereocenters. The van der Waals surface area contributed by atoms with Crippen LogP contribution in [-0.2, 0) is 29.7 Å². The summed E-state index contributed by atoms with van der Waals surface area (Å²) in [5.74, 6) is -1.92. The third kappa shape index (κ3) is 3.43. The van der Waals surface area contributed by atoms with Gasteiger partial charge in [-0.3, -0.25) is 9.78 Å². The van der Waals surface area contributed by atoms with Gasteiger partial charge in [-0.2, -0.15) is 0 Å². The third-order valence-electron chi connectivity index (χ3n) is 5.88. The van der Waals surface area contributed by atoms with Gasteiger partial charge in [0.25, 0.3) is 0 Å². The maximum Gasteiger partial charge on any atom is 0.547 e. The minimum atomic E-state index is -1.35. The number of benzene rings is 1. The van der Waals surface area contributed by atoms with Crippen molar-refractivity contribution in [3.8, 4) is 5.75 Å². The van der Waals surface area contributed by atoms with Crippen molar-refractivity contribution in [3.05, 3.63) is 58.4 Å². The van der Waals surface area contributed by atoms with Gasteiger partial charge in [-0.1, -0.05) is 18.2 Å². The standard InChI is InChI=1S/C20H23BN4O5/c22-8-12-6-13(10-24-15(12)9-23)20(4-5-20)19(28)25-16-7-11-2-1-3-14(18(26)27)17(11)30-21(16)29/h1-3,6,10,16,29H,4-5,7-9,22-23H2,(H,25,28)(H,26,27)/t16-/m0/s1. The molecular weight excluding hydrogens is 387 g/mol. The van der Waals surface area contributed by atoms with Crippen LogP contribution in [0.4, 0.5) is 0 Å². The summed E-state index contributed by atoms with van der Waals surface area (Å²) in [4.78, 5) is 28.9. The molecule has 7 N–H and O–H groups in total. The van der Waals surface area contributed by atoms with Gasteiger partial charge in [-0.15, -0.1) is 0 Å². The van der Waals surface area contributed by atoms with Gasteiger partial charge >= 0.3 is 13.1 Å². The predicted octanol–water partition coefficient (Wildman–Crippen LogP) is -0.132. The summed E-state index contributed by atoms with van der Waals surface area (Å²) in [6, 6.07) is 6.63. The number of pyridine rings is 1. The highest BCUT2D eigenvalue weighted by Crippen LogP contribution is 2.48. The van der Waals surface area contributed by atoms with E-state index in [0.717, 1.165) is 11.1 Å². The van der Waals surface area contributed by atoms with Crippen LogP contribution in [0.3, 0.4) is 0 Å². The summed E-state index contributed by atoms with van der Waals surface area (Å²) in [5.41, 5.74) is 13.7. The second-order valence-electron chi connectivity index (χ2n) is 7.71. The van der Waals surface area contributed by atoms with Gasteiger partial charge in [0, 0.05) is 19.3 Å². The minimum absolute atomic E-state index is 0.0182. The zero-order chi connectivity index (χ0) is 21.5. The topological polar surface area (TPSA) is 161 Å². The molecule has 2 aliphatic rings. The summed E-state index contributed by atoms with van der Waals surface area (Å²) >= 11 is 0. The van der Waals surface area contributed by atoms with E-state index < -0.39 is 24.4 Å². The molecule has 2 aromatic rings. The van der Waals surface area contributed by atoms with Crippen molar-refractivity contribution in [2.75, 3.05) is 0 Å². The molecule has 0 spiro atoms. The van der Waals surface area contributed by atoms with E-state index >= 15 is 0 Å². The Morgan fingerprint density at radius 2 is 2.07 bits per heavy atom. The molecule has 156 valence electrons. The fraction of sp³-hybridized carbons (Fsp3) is 0.350. The summed E-state index contributed by atoms with van der Waals surface area (Å²) in [7, 11) is -1.35. The number of carbonyl (C=O) groups is 2. The minimum Gasteiger partial charge on any atom is -0.534 e. The van der Waals surface area contributed by atoms with Gasteiger partial charge < -0.3 is 31.6 Å². The van der Waals surface area contributed by atoms with Crippen molar-refractivity contribution in [1.29, 1.82) is 0 Å². The Kier molecular flexibility index (Phi) is 5.23. The smallest absolute Gasteiger partial charge is 0.534 e. The molecule has 1 fully saturated rings. The van der Waals surface area contributed by atoms with E-state index in [1.54, 1.807) is 18.3 Å². The molecule has 1 aliphatic heterocycles. The molecule has 0 unspecified atom stereocenters. The molecule has 0 saturated heterocycles. The number of carboxylic acid groups (broad SMARTS) is 1. The van der Waals surface area contributed by atoms with Crippen LogP contribution in [0, 0.1) is 0 Å². The predicted molar refractivity (Wildman–Crippen MR) is 109 cm³/mol. The van der Waals surface area contributed by atoms with Gasteiger partial charge in [0.1, 0.15) is 5.75 Å². The number of fused-ring (bicyclic) bond motifs is 1. The highest BCUT2D eigenvalue weighted by molar-refractivity contribution is 6.47. The van der Waals surface area contributed by atoms with E-state index in [2.05, 4.69) is 10.3 Å². The average Bonchev–Trinajstić information content (AvgIpc) is 3.55. The fourth-order valence-corrected chi connectivity index (χ4v) is 3.96. The summed E-state index contributed by atoms with van der Waals surface area (Å²) in [6.45, 7) is 0.554. The number of nitrogens with one attached hydrogen (secondary N) is 1. The van der Waals surface area contributed by atoms with Crippen LogP contribution in [0.15, 0.2) is 30.5 Å². The van der Waals surface area contributed by atoms with Gasteiger partial charge in [0.15, 0.2) is 0 Å². The molecule has 30 heavy (non-hydrogen) atoms. The Morgan fingerprint density at radius 3 is 2.70 bits per heavy atom. The van der Waals surface area contributed by atoms with Crippen LogP contribution in [-0.4, -0.2) is 40.1 Å². The second-order valence-corrected chi connectivity index (χ2v) is 7.71. The fourth-order valence-electron chi connectivity index (χ4n) is 3.96. The maximum atomic E-state index is 13.1. The number of amides is 1. The van der Waals surface area contributed by atoms with Crippen LogP contribution < -0.4 is 21.4 Å². The first-order valence-corrected chi connectivity index (χ1v) is 9.79. The molecule has 0 radical (unpaired) electrons. The number of aromatic nitrogens is 1. The number of carboxylic acids is 1. The SMILES string of the molecule is NCc1cc(C2(C(=O)N[C@H]3Cc4cccc(C(=O)O)c4OB3O)CC2)cnc1CN. The van der Waals surface area contributed by atoms with Gasteiger partial charge in [0.2, 0.25) is 5.91 Å². The summed E-state index contributed by atoms with van der Waals surface area (Å²) < 4.78 is 5.46. The Balaban J connectivity index is 1.54. The Hall–Kier alpha value is -2.95. The number of hydrogen-bond acceptors (Lipinski definition) is 7. The molecule has 1 aliphatic carbocycles. The second kappa shape index (κ2) is 7.71. The van der Waals surface area contributed by atoms with E-state index in [1.807, 2.05) is 6.07 Å². The molecule has 9 nitrogen and oxygen atoms in total. The van der Waals surface area contributed by atoms with Gasteiger partial charge in [0.05, 0.1) is 22.6 Å². The number of para-hydroxylation sites is 1. The first-order valence-electron chi connectivity index (χ1n) is 9.79. The Morgan fingerprint density at radius 1 is 1.30 bits per heavy atom. The molecule has 1 saturated carbocycles. The lowest BCUT2D eigenvalue weighted by atomic mass is 9.72. The normalized spacial score (nSPS) is 18.9. The Bertz CT molecular complexity index is 1010. The average molecular weight is 410 g/mol. The highest BCUT2D eigenvalue weighted by Gasteiger charge is 2.53. The molecule has 10 heteroatoms. The molecule has 1 amide bonds. The van der Waals surface area contributed by atoms with Crippen LogP contribution in [0.1, 0.15) is 45.6 Å². The molecule has 2 heterocycles. The molecule has 1 aromatic heterocycles. The van der Waals surface area contributed by atoms with Crippen LogP contribution >= 0.6 is 0 Å². The highest BCUT2D eigenvalue weighted by atomic mass is 16.5. The number of hydrogen-bond donors (Lipinski definition) is 5. The van der Waals surface area contributed by atoms with Crippen molar-refractivity contribution < 1.29 is 24.4 Å². The van der Waals surface area contributed by atoms with Crippen molar-refractivity contribution in [3.63, 3.8) is 0 Å². The maximum absolute atomic E-state index is 13.1. The quantitative estimate of drug-likeness (QED) is 0.412. The zero-order valence-corrected chi connectivity index (χ0v) is 16.3. The van der Waals surface area contributed by atoms with Crippen molar-refractivity contribution >= 4 is 19.0 Å². The number of rotatable bonds is 6. The van der Waals surface area contributed by atoms with E-state index in [-0.39, 0.29) is 36.7 Å². The molecular formula is C20H23BN4O5. The van der Waals surface area contributed by atoms with E-state index in [4.69, 9.17) is 16.1 Å². The Labute approximate surface area is 173 Å². The summed E-state index contributed by atoms with van der Waals surface area (Å²) in [5, 5.41) is 22.6. The molecule has 1 aromatic carbocycles. The number of nitrogens with zero attached hydrogens (tertiary/aromatic N) is 1. The first-order chi connectivity index (χ1) is 14.4. The third-order valence-corrected chi connectivity index (χ3v) is 5.88. The van der Waals surface area contributed by atoms with E-state index in [1.165, 1.54) is 6.07 Å². The lowest BCUT2D eigenvalue weighted by Gasteiger charge is -2.30. The molecule has 0 bridgehead atoms. The first kappa shape index (κ1) is 20.3. The van der Waals surface area contributed by atoms with Crippen LogP contribution in [0.2, 0.25) is 0 Å². The number of aromatic carboxylic acids is 1. The van der Waals surface area contributed by atoms with Gasteiger partial charge in [-0.25, -0.2) is 4.79 Å². The number of carbonyl (C=O) groups excluding carboxylic acids is 1. The van der Waals surface area contributed by atoms with Crippen molar-refractivity contribution in [1.82, 2.24) is 10.3 Å². The van der Waals surface area contributed by atoms with E-state index in [9.17, 15) is 19.7 Å². The largest absolute Gasteiger partial charge is 0.547 e. The van der Waals surface area contributed by atoms with Crippen LogP contribution in [0.25, 0.3) is 0 Å². The van der Waals surface area contributed by atoms with E-state index in [0.29, 0.717) is 24.1 Å². The van der Waals surface area contributed by atoms with Crippen molar-refractivity contribution in [2.45, 2.75) is 43.7 Å². The lowest BCUT2D eigenvalue weighted by Crippen LogP contribution is -2.55. The lowest BCUT2D eigenvalue weighted by molar-refractivity contribution is -0.124. The zero-order valence-electron chi connectivity index (χ0n) is 16.3. The summed E-state index contributed by atoms with van der Waals surface area (Å²) in [6.07, 6.45) is 3.25. The number of nitrogens with two attached hydrogens (primary N) is 2. The van der Waals surface area contributed by atoms with Gasteiger partial charge in [-0.05, 0) is 42.0 Å². The van der Waals surface area contributed by atoms with Crippen LogP contribution in [0.5, 0.6) is 5.75 Å². The molecule has 4 rings (SSSR count). The monoisotopic (exact) mass is 410 g/mol.